The van der Waals surface area contributed by atoms with E-state index in [0.29, 0.717) is 5.69 Å². The van der Waals surface area contributed by atoms with Crippen LogP contribution in [0.1, 0.15) is 5.69 Å². The maximum Gasteiger partial charge on any atom is 0.141 e. The van der Waals surface area contributed by atoms with E-state index in [9.17, 15) is 0 Å². The van der Waals surface area contributed by atoms with E-state index in [2.05, 4.69) is 53.5 Å². The second kappa shape index (κ2) is 6.79. The molecule has 0 aliphatic heterocycles. The first-order valence-electron chi connectivity index (χ1n) is 9.98. The molecule has 31 heavy (non-hydrogen) atoms. The summed E-state index contributed by atoms with van der Waals surface area (Å²) >= 11 is 0. The average molecular weight is 397 g/mol. The molecule has 3 aromatic carbocycles. The van der Waals surface area contributed by atoms with Crippen molar-refractivity contribution < 1.29 is 4.42 Å². The molecule has 0 radical (unpaired) electrons. The van der Waals surface area contributed by atoms with Crippen molar-refractivity contribution in [3.63, 3.8) is 0 Å². The van der Waals surface area contributed by atoms with Crippen molar-refractivity contribution in [3.05, 3.63) is 96.8 Å². The molecule has 144 valence electrons. The first-order chi connectivity index (χ1) is 15.3. The topological polar surface area (TPSA) is 62.7 Å². The number of hydrogen-bond donors (Lipinski definition) is 0. The summed E-state index contributed by atoms with van der Waals surface area (Å²) in [5, 5.41) is 13.8. The predicted octanol–water partition coefficient (Wildman–Crippen LogP) is 6.73. The van der Waals surface area contributed by atoms with Crippen LogP contribution in [0.2, 0.25) is 0 Å². The lowest BCUT2D eigenvalue weighted by Gasteiger charge is -2.05. The highest BCUT2D eigenvalue weighted by molar-refractivity contribution is 6.19. The molecule has 0 N–H and O–H groups in total. The quantitative estimate of drug-likeness (QED) is 0.325. The van der Waals surface area contributed by atoms with Gasteiger partial charge in [-0.25, -0.2) is 9.97 Å². The van der Waals surface area contributed by atoms with E-state index in [0.717, 1.165) is 44.5 Å². The number of hydrogen-bond acceptors (Lipinski definition) is 4. The highest BCUT2D eigenvalue weighted by Gasteiger charge is 2.12. The van der Waals surface area contributed by atoms with Crippen molar-refractivity contribution in [2.75, 3.05) is 0 Å². The van der Waals surface area contributed by atoms with E-state index in [4.69, 9.17) is 14.7 Å². The Labute approximate surface area is 178 Å². The molecule has 4 heteroatoms. The molecule has 0 unspecified atom stereocenters. The molecule has 6 rings (SSSR count). The SMILES string of the molecule is N#Cc1cc(-c2cccc(-c3ccc4c(c3)oc3ccc5ccccc5c34)n2)ccn1. The van der Waals surface area contributed by atoms with E-state index in [1.807, 2.05) is 36.4 Å². The molecule has 3 aromatic heterocycles. The molecule has 6 aromatic rings. The predicted molar refractivity (Wildman–Crippen MR) is 122 cm³/mol. The van der Waals surface area contributed by atoms with E-state index >= 15 is 0 Å². The van der Waals surface area contributed by atoms with Crippen molar-refractivity contribution in [2.45, 2.75) is 0 Å². The summed E-state index contributed by atoms with van der Waals surface area (Å²) in [7, 11) is 0. The molecule has 4 nitrogen and oxygen atoms in total. The summed E-state index contributed by atoms with van der Waals surface area (Å²) in [6, 6.07) is 30.3. The standard InChI is InChI=1S/C27H15N3O/c28-16-20-14-19(12-13-29-20)24-7-3-6-23(30-24)18-8-10-22-26(15-18)31-25-11-9-17-4-1-2-5-21(17)27(22)25/h1-15H. The van der Waals surface area contributed by atoms with Crippen LogP contribution in [0.4, 0.5) is 0 Å². The van der Waals surface area contributed by atoms with Crippen molar-refractivity contribution in [1.29, 1.82) is 5.26 Å². The Bertz CT molecular complexity index is 1660. The van der Waals surface area contributed by atoms with Crippen LogP contribution < -0.4 is 0 Å². The molecule has 3 heterocycles. The third kappa shape index (κ3) is 2.84. The van der Waals surface area contributed by atoms with Crippen molar-refractivity contribution in [2.24, 2.45) is 0 Å². The lowest BCUT2D eigenvalue weighted by molar-refractivity contribution is 0.669. The molecule has 0 aliphatic rings. The van der Waals surface area contributed by atoms with Gasteiger partial charge in [0.2, 0.25) is 0 Å². The van der Waals surface area contributed by atoms with Crippen LogP contribution in [0.5, 0.6) is 0 Å². The number of furan rings is 1. The van der Waals surface area contributed by atoms with Gasteiger partial charge < -0.3 is 4.42 Å². The number of pyridine rings is 2. The maximum atomic E-state index is 9.12. The van der Waals surface area contributed by atoms with Gasteiger partial charge in [0.25, 0.3) is 0 Å². The Morgan fingerprint density at radius 2 is 1.55 bits per heavy atom. The molecule has 0 aliphatic carbocycles. The molecule has 0 fully saturated rings. The van der Waals surface area contributed by atoms with Gasteiger partial charge in [-0.15, -0.1) is 0 Å². The number of nitrogens with zero attached hydrogens (tertiary/aromatic N) is 3. The molecule has 0 amide bonds. The average Bonchev–Trinajstić information content (AvgIpc) is 3.22. The van der Waals surface area contributed by atoms with Gasteiger partial charge in [0.1, 0.15) is 22.9 Å². The monoisotopic (exact) mass is 397 g/mol. The zero-order valence-corrected chi connectivity index (χ0v) is 16.4. The zero-order valence-electron chi connectivity index (χ0n) is 16.4. The van der Waals surface area contributed by atoms with Gasteiger partial charge in [0.05, 0.1) is 11.4 Å². The number of nitriles is 1. The smallest absolute Gasteiger partial charge is 0.141 e. The lowest BCUT2D eigenvalue weighted by Crippen LogP contribution is -1.89. The van der Waals surface area contributed by atoms with Gasteiger partial charge in [-0.3, -0.25) is 0 Å². The minimum atomic E-state index is 0.376. The fourth-order valence-electron chi connectivity index (χ4n) is 4.11. The third-order valence-corrected chi connectivity index (χ3v) is 5.58. The van der Waals surface area contributed by atoms with Crippen LogP contribution in [0.25, 0.3) is 55.2 Å². The number of benzene rings is 3. The largest absolute Gasteiger partial charge is 0.456 e. The summed E-state index contributed by atoms with van der Waals surface area (Å²) in [5.74, 6) is 0. The van der Waals surface area contributed by atoms with Crippen LogP contribution >= 0.6 is 0 Å². The van der Waals surface area contributed by atoms with Crippen molar-refractivity contribution >= 4 is 32.7 Å². The molecule has 0 atom stereocenters. The van der Waals surface area contributed by atoms with E-state index in [1.165, 1.54) is 10.8 Å². The molecule has 0 spiro atoms. The Morgan fingerprint density at radius 1 is 0.710 bits per heavy atom. The van der Waals surface area contributed by atoms with Gasteiger partial charge in [-0.05, 0) is 53.2 Å². The molecule has 0 saturated carbocycles. The van der Waals surface area contributed by atoms with Crippen LogP contribution in [0.3, 0.4) is 0 Å². The van der Waals surface area contributed by atoms with Crippen molar-refractivity contribution in [1.82, 2.24) is 9.97 Å². The van der Waals surface area contributed by atoms with Crippen LogP contribution in [0, 0.1) is 11.3 Å². The van der Waals surface area contributed by atoms with E-state index in [-0.39, 0.29) is 0 Å². The minimum absolute atomic E-state index is 0.376. The highest BCUT2D eigenvalue weighted by Crippen LogP contribution is 2.36. The van der Waals surface area contributed by atoms with Crippen LogP contribution in [-0.2, 0) is 0 Å². The van der Waals surface area contributed by atoms with Gasteiger partial charge in [-0.2, -0.15) is 5.26 Å². The van der Waals surface area contributed by atoms with Gasteiger partial charge in [0, 0.05) is 28.1 Å². The van der Waals surface area contributed by atoms with Gasteiger partial charge in [-0.1, -0.05) is 42.5 Å². The van der Waals surface area contributed by atoms with E-state index < -0.39 is 0 Å². The van der Waals surface area contributed by atoms with Crippen LogP contribution in [0.15, 0.2) is 95.5 Å². The fraction of sp³-hybridized carbons (Fsp3) is 0. The van der Waals surface area contributed by atoms with Crippen molar-refractivity contribution in [3.8, 4) is 28.6 Å². The number of rotatable bonds is 2. The van der Waals surface area contributed by atoms with Gasteiger partial charge in [0.15, 0.2) is 0 Å². The zero-order chi connectivity index (χ0) is 20.8. The Hall–Kier alpha value is -4.49. The maximum absolute atomic E-state index is 9.12. The summed E-state index contributed by atoms with van der Waals surface area (Å²) in [4.78, 5) is 8.86. The first kappa shape index (κ1) is 17.4. The number of aromatic nitrogens is 2. The fourth-order valence-corrected chi connectivity index (χ4v) is 4.11. The Balaban J connectivity index is 1.50. The van der Waals surface area contributed by atoms with E-state index in [1.54, 1.807) is 12.3 Å². The number of fused-ring (bicyclic) bond motifs is 5. The summed E-state index contributed by atoms with van der Waals surface area (Å²) in [6.45, 7) is 0. The normalized spacial score (nSPS) is 11.2. The molecular formula is C27H15N3O. The summed E-state index contributed by atoms with van der Waals surface area (Å²) < 4.78 is 6.20. The minimum Gasteiger partial charge on any atom is -0.456 e. The van der Waals surface area contributed by atoms with Gasteiger partial charge >= 0.3 is 0 Å². The second-order valence-electron chi connectivity index (χ2n) is 7.42. The molecular weight excluding hydrogens is 382 g/mol. The summed E-state index contributed by atoms with van der Waals surface area (Å²) in [5.41, 5.74) is 5.59. The Kier molecular flexibility index (Phi) is 3.81. The second-order valence-corrected chi connectivity index (χ2v) is 7.42. The highest BCUT2D eigenvalue weighted by atomic mass is 16.3. The summed E-state index contributed by atoms with van der Waals surface area (Å²) in [6.07, 6.45) is 1.63. The molecule has 0 saturated heterocycles. The lowest BCUT2D eigenvalue weighted by atomic mass is 10.0. The first-order valence-corrected chi connectivity index (χ1v) is 9.98. The van der Waals surface area contributed by atoms with Crippen LogP contribution in [-0.4, -0.2) is 9.97 Å². The third-order valence-electron chi connectivity index (χ3n) is 5.58. The molecule has 0 bridgehead atoms. The Morgan fingerprint density at radius 3 is 2.42 bits per heavy atom.